The number of rotatable bonds is 3. The molecule has 3 rings (SSSR count). The van der Waals surface area contributed by atoms with Crippen LogP contribution in [0.3, 0.4) is 0 Å². The summed E-state index contributed by atoms with van der Waals surface area (Å²) < 4.78 is 5.59. The Hall–Kier alpha value is -2.88. The van der Waals surface area contributed by atoms with Crippen molar-refractivity contribution in [2.24, 2.45) is 0 Å². The Kier molecular flexibility index (Phi) is 3.51. The van der Waals surface area contributed by atoms with Gasteiger partial charge >= 0.3 is 0 Å². The van der Waals surface area contributed by atoms with Gasteiger partial charge in [-0.3, -0.25) is 4.79 Å². The molecule has 0 spiro atoms. The van der Waals surface area contributed by atoms with E-state index in [9.17, 15) is 9.90 Å². The van der Waals surface area contributed by atoms with Gasteiger partial charge in [-0.05, 0) is 37.1 Å². The highest BCUT2D eigenvalue weighted by Gasteiger charge is 2.18. The van der Waals surface area contributed by atoms with Crippen LogP contribution in [0.4, 0.5) is 0 Å². The number of ketones is 1. The third-order valence-corrected chi connectivity index (χ3v) is 3.42. The van der Waals surface area contributed by atoms with E-state index in [1.54, 1.807) is 0 Å². The van der Waals surface area contributed by atoms with Gasteiger partial charge in [0.25, 0.3) is 0 Å². The van der Waals surface area contributed by atoms with Crippen LogP contribution in [0.15, 0.2) is 58.7 Å². The average molecular weight is 293 g/mol. The molecule has 0 radical (unpaired) electrons. The molecular weight excluding hydrogens is 278 g/mol. The summed E-state index contributed by atoms with van der Waals surface area (Å²) in [6.07, 6.45) is 0. The van der Waals surface area contributed by atoms with E-state index < -0.39 is 0 Å². The highest BCUT2D eigenvalue weighted by Crippen LogP contribution is 2.27. The number of hydrogen-bond acceptors (Lipinski definition) is 4. The Morgan fingerprint density at radius 2 is 1.77 bits per heavy atom. The van der Waals surface area contributed by atoms with Crippen molar-refractivity contribution in [1.82, 2.24) is 4.98 Å². The molecule has 22 heavy (non-hydrogen) atoms. The average Bonchev–Trinajstić information content (AvgIpc) is 2.89. The van der Waals surface area contributed by atoms with Gasteiger partial charge in [0.2, 0.25) is 5.89 Å². The molecule has 4 nitrogen and oxygen atoms in total. The number of carbonyl (C=O) groups is 1. The molecule has 1 heterocycles. The summed E-state index contributed by atoms with van der Waals surface area (Å²) in [5.74, 6) is -0.232. The maximum Gasteiger partial charge on any atom is 0.234 e. The molecule has 0 aliphatic carbocycles. The van der Waals surface area contributed by atoms with Crippen LogP contribution in [0.5, 0.6) is 0 Å². The van der Waals surface area contributed by atoms with Gasteiger partial charge in [-0.15, -0.1) is 0 Å². The Balaban J connectivity index is 2.12. The minimum Gasteiger partial charge on any atom is -0.512 e. The number of oxazole rings is 1. The van der Waals surface area contributed by atoms with Crippen LogP contribution in [0.25, 0.3) is 27.8 Å². The van der Waals surface area contributed by atoms with Crippen molar-refractivity contribution in [2.75, 3.05) is 0 Å². The van der Waals surface area contributed by atoms with Crippen LogP contribution in [-0.4, -0.2) is 15.9 Å². The van der Waals surface area contributed by atoms with Crippen molar-refractivity contribution in [2.45, 2.75) is 13.8 Å². The van der Waals surface area contributed by atoms with Gasteiger partial charge in [0, 0.05) is 0 Å². The number of Topliss-reactive ketones (excluding diaryl/α,β-unsaturated/α-hetero) is 1. The van der Waals surface area contributed by atoms with Gasteiger partial charge in [-0.25, -0.2) is 4.98 Å². The van der Waals surface area contributed by atoms with Crippen molar-refractivity contribution < 1.29 is 14.3 Å². The largest absolute Gasteiger partial charge is 0.512 e. The fourth-order valence-corrected chi connectivity index (χ4v) is 2.40. The number of aliphatic hydroxyl groups excluding tert-OH is 1. The highest BCUT2D eigenvalue weighted by molar-refractivity contribution is 6.19. The fraction of sp³-hybridized carbons (Fsp3) is 0.111. The summed E-state index contributed by atoms with van der Waals surface area (Å²) in [7, 11) is 0. The molecule has 2 aromatic carbocycles. The van der Waals surface area contributed by atoms with E-state index >= 15 is 0 Å². The van der Waals surface area contributed by atoms with E-state index in [0.29, 0.717) is 11.1 Å². The number of benzene rings is 2. The van der Waals surface area contributed by atoms with Gasteiger partial charge in [0.1, 0.15) is 16.8 Å². The zero-order valence-electron chi connectivity index (χ0n) is 12.3. The summed E-state index contributed by atoms with van der Waals surface area (Å²) in [6, 6.07) is 15.6. The SMILES string of the molecule is CC(=O)/C(=C(\C)O)c1nc2cc(-c3ccccc3)ccc2o1. The van der Waals surface area contributed by atoms with E-state index in [1.165, 1.54) is 13.8 Å². The number of carbonyl (C=O) groups excluding carboxylic acids is 1. The van der Waals surface area contributed by atoms with E-state index in [2.05, 4.69) is 4.98 Å². The molecule has 3 aromatic rings. The zero-order valence-corrected chi connectivity index (χ0v) is 12.3. The maximum atomic E-state index is 11.6. The number of aliphatic hydroxyl groups is 1. The molecule has 0 aliphatic heterocycles. The molecular formula is C18H15NO3. The second-order valence-electron chi connectivity index (χ2n) is 5.08. The van der Waals surface area contributed by atoms with Crippen LogP contribution in [-0.2, 0) is 4.79 Å². The maximum absolute atomic E-state index is 11.6. The van der Waals surface area contributed by atoms with Crippen LogP contribution in [0, 0.1) is 0 Å². The lowest BCUT2D eigenvalue weighted by Gasteiger charge is -1.99. The summed E-state index contributed by atoms with van der Waals surface area (Å²) in [6.45, 7) is 2.82. The van der Waals surface area contributed by atoms with E-state index in [4.69, 9.17) is 4.42 Å². The third-order valence-electron chi connectivity index (χ3n) is 3.42. The standard InChI is InChI=1S/C18H15NO3/c1-11(20)17(12(2)21)18-19-15-10-14(8-9-16(15)22-18)13-6-4-3-5-7-13/h3-10,20H,1-2H3/b17-11-. The minimum absolute atomic E-state index is 0.0951. The molecule has 0 unspecified atom stereocenters. The minimum atomic E-state index is -0.283. The monoisotopic (exact) mass is 293 g/mol. The van der Waals surface area contributed by atoms with Crippen LogP contribution in [0.2, 0.25) is 0 Å². The highest BCUT2D eigenvalue weighted by atomic mass is 16.4. The lowest BCUT2D eigenvalue weighted by atomic mass is 10.1. The Labute approximate surface area is 127 Å². The normalized spacial score (nSPS) is 12.3. The molecule has 1 N–H and O–H groups in total. The molecule has 110 valence electrons. The lowest BCUT2D eigenvalue weighted by Crippen LogP contribution is -1.99. The van der Waals surface area contributed by atoms with Crippen molar-refractivity contribution in [3.8, 4) is 11.1 Å². The molecule has 4 heteroatoms. The van der Waals surface area contributed by atoms with E-state index in [1.807, 2.05) is 48.5 Å². The second-order valence-corrected chi connectivity index (χ2v) is 5.08. The van der Waals surface area contributed by atoms with Crippen molar-refractivity contribution >= 4 is 22.5 Å². The molecule has 0 atom stereocenters. The van der Waals surface area contributed by atoms with Crippen LogP contribution < -0.4 is 0 Å². The van der Waals surface area contributed by atoms with Gasteiger partial charge in [-0.1, -0.05) is 36.4 Å². The third kappa shape index (κ3) is 2.51. The Bertz CT molecular complexity index is 872. The molecule has 0 bridgehead atoms. The summed E-state index contributed by atoms with van der Waals surface area (Å²) in [4.78, 5) is 16.0. The first-order valence-corrected chi connectivity index (χ1v) is 6.93. The molecule has 0 saturated carbocycles. The van der Waals surface area contributed by atoms with Crippen molar-refractivity contribution in [1.29, 1.82) is 0 Å². The Morgan fingerprint density at radius 1 is 1.05 bits per heavy atom. The molecule has 0 aliphatic rings. The van der Waals surface area contributed by atoms with Crippen molar-refractivity contribution in [3.63, 3.8) is 0 Å². The first kappa shape index (κ1) is 14.1. The van der Waals surface area contributed by atoms with E-state index in [-0.39, 0.29) is 23.0 Å². The van der Waals surface area contributed by atoms with Gasteiger partial charge in [-0.2, -0.15) is 0 Å². The topological polar surface area (TPSA) is 63.3 Å². The number of allylic oxidation sites excluding steroid dienone is 2. The quantitative estimate of drug-likeness (QED) is 0.575. The summed E-state index contributed by atoms with van der Waals surface area (Å²) in [5.41, 5.74) is 3.43. The van der Waals surface area contributed by atoms with E-state index in [0.717, 1.165) is 11.1 Å². The summed E-state index contributed by atoms with van der Waals surface area (Å²) in [5, 5.41) is 9.65. The number of aromatic nitrogens is 1. The first-order valence-electron chi connectivity index (χ1n) is 6.93. The smallest absolute Gasteiger partial charge is 0.234 e. The van der Waals surface area contributed by atoms with Gasteiger partial charge < -0.3 is 9.52 Å². The number of hydrogen-bond donors (Lipinski definition) is 1. The van der Waals surface area contributed by atoms with Gasteiger partial charge in [0.15, 0.2) is 11.4 Å². The summed E-state index contributed by atoms with van der Waals surface area (Å²) >= 11 is 0. The fourth-order valence-electron chi connectivity index (χ4n) is 2.40. The molecule has 0 fully saturated rings. The van der Waals surface area contributed by atoms with Crippen LogP contribution in [0.1, 0.15) is 19.7 Å². The molecule has 0 saturated heterocycles. The number of nitrogens with zero attached hydrogens (tertiary/aromatic N) is 1. The first-order chi connectivity index (χ1) is 10.6. The number of fused-ring (bicyclic) bond motifs is 1. The predicted octanol–water partition coefficient (Wildman–Crippen LogP) is 4.37. The second kappa shape index (κ2) is 5.48. The van der Waals surface area contributed by atoms with Crippen LogP contribution >= 0.6 is 0 Å². The zero-order chi connectivity index (χ0) is 15.7. The lowest BCUT2D eigenvalue weighted by molar-refractivity contribution is -0.112. The Morgan fingerprint density at radius 3 is 2.41 bits per heavy atom. The van der Waals surface area contributed by atoms with Gasteiger partial charge in [0.05, 0.1) is 0 Å². The molecule has 1 aromatic heterocycles. The molecule has 0 amide bonds. The predicted molar refractivity (Wildman–Crippen MR) is 85.3 cm³/mol. The van der Waals surface area contributed by atoms with Crippen molar-refractivity contribution in [3.05, 3.63) is 60.2 Å².